The number of methoxy groups -OCH3 is 1. The molecule has 0 unspecified atom stereocenters. The number of carbonyl (C=O) groups is 5. The number of carbonyl (C=O) groups excluding carboxylic acids is 5. The highest BCUT2D eigenvalue weighted by Crippen LogP contribution is 2.39. The summed E-state index contributed by atoms with van der Waals surface area (Å²) in [6.45, 7) is 8.07. The number of halogens is 1. The molecule has 4 fully saturated rings. The molecule has 5 aliphatic rings. The number of fused-ring (bicyclic) bond motifs is 2. The molecule has 2 aromatic carbocycles. The van der Waals surface area contributed by atoms with Gasteiger partial charge in [-0.2, -0.15) is 4.98 Å². The molecule has 6 heterocycles. The fraction of sp³-hybridized carbons (Fsp3) is 0.478. The Morgan fingerprint density at radius 1 is 0.894 bits per heavy atom. The average Bonchev–Trinajstić information content (AvgIpc) is 3.54. The van der Waals surface area contributed by atoms with Crippen LogP contribution in [0.1, 0.15) is 79.1 Å². The first-order valence-electron chi connectivity index (χ1n) is 22.4. The van der Waals surface area contributed by atoms with E-state index in [2.05, 4.69) is 35.6 Å². The Bertz CT molecular complexity index is 2660. The van der Waals surface area contributed by atoms with Gasteiger partial charge >= 0.3 is 0 Å². The predicted molar refractivity (Wildman–Crippen MR) is 245 cm³/mol. The molecule has 0 spiro atoms. The Morgan fingerprint density at radius 3 is 2.30 bits per heavy atom. The van der Waals surface area contributed by atoms with Gasteiger partial charge in [0.25, 0.3) is 23.3 Å². The number of aromatic nitrogens is 3. The normalized spacial score (nSPS) is 21.5. The summed E-state index contributed by atoms with van der Waals surface area (Å²) in [4.78, 5) is 93.4. The average molecular weight is 925 g/mol. The Balaban J connectivity index is 0.758. The maximum absolute atomic E-state index is 13.5. The van der Waals surface area contributed by atoms with Crippen LogP contribution in [0.4, 0.5) is 23.1 Å². The van der Waals surface area contributed by atoms with Crippen molar-refractivity contribution in [3.8, 4) is 11.5 Å². The minimum absolute atomic E-state index is 0.0592. The van der Waals surface area contributed by atoms with Crippen LogP contribution in [0.15, 0.2) is 47.4 Å². The van der Waals surface area contributed by atoms with Crippen LogP contribution in [0.3, 0.4) is 0 Å². The second-order valence-corrected chi connectivity index (χ2v) is 18.0. The van der Waals surface area contributed by atoms with Crippen molar-refractivity contribution in [2.45, 2.75) is 82.7 Å². The molecule has 3 N–H and O–H groups in total. The van der Waals surface area contributed by atoms with Crippen molar-refractivity contribution in [2.75, 3.05) is 75.1 Å². The van der Waals surface area contributed by atoms with Gasteiger partial charge in [-0.25, -0.2) is 4.98 Å². The van der Waals surface area contributed by atoms with Crippen LogP contribution in [0.25, 0.3) is 10.9 Å². The van der Waals surface area contributed by atoms with Crippen LogP contribution in [-0.4, -0.2) is 138 Å². The van der Waals surface area contributed by atoms with Gasteiger partial charge in [-0.3, -0.25) is 43.9 Å². The lowest BCUT2D eigenvalue weighted by molar-refractivity contribution is -0.136. The molecule has 1 atom stereocenters. The van der Waals surface area contributed by atoms with Gasteiger partial charge in [0.2, 0.25) is 17.8 Å². The van der Waals surface area contributed by atoms with Crippen molar-refractivity contribution in [3.05, 3.63) is 69.1 Å². The molecule has 19 nitrogen and oxygen atoms in total. The maximum Gasteiger partial charge on any atom is 0.293 e. The van der Waals surface area contributed by atoms with Crippen LogP contribution in [-0.2, 0) is 19.1 Å². The van der Waals surface area contributed by atoms with E-state index in [1.807, 2.05) is 32.0 Å². The number of anilines is 4. The largest absolute Gasteiger partial charge is 0.495 e. The molecule has 20 heteroatoms. The van der Waals surface area contributed by atoms with Gasteiger partial charge < -0.3 is 39.2 Å². The van der Waals surface area contributed by atoms with Crippen molar-refractivity contribution in [1.29, 1.82) is 0 Å². The zero-order valence-electron chi connectivity index (χ0n) is 37.3. The lowest BCUT2D eigenvalue weighted by Gasteiger charge is -2.47. The van der Waals surface area contributed by atoms with Gasteiger partial charge in [-0.15, -0.1) is 0 Å². The third-order valence-electron chi connectivity index (χ3n) is 13.2. The number of piperazine rings is 1. The molecule has 3 saturated heterocycles. The van der Waals surface area contributed by atoms with Crippen LogP contribution in [0.2, 0.25) is 5.02 Å². The number of benzene rings is 2. The molecular formula is C46H53ClN10O9. The number of amides is 5. The maximum atomic E-state index is 13.5. The first-order chi connectivity index (χ1) is 31.8. The topological polar surface area (TPSA) is 210 Å². The number of nitrogens with one attached hydrogen (secondary N) is 3. The van der Waals surface area contributed by atoms with E-state index < -0.39 is 29.7 Å². The van der Waals surface area contributed by atoms with Crippen LogP contribution < -0.4 is 40.8 Å². The highest BCUT2D eigenvalue weighted by atomic mass is 35.5. The van der Waals surface area contributed by atoms with E-state index in [-0.39, 0.29) is 66.0 Å². The molecule has 1 saturated carbocycles. The summed E-state index contributed by atoms with van der Waals surface area (Å²) >= 11 is 6.60. The highest BCUT2D eigenvalue weighted by molar-refractivity contribution is 6.33. The lowest BCUT2D eigenvalue weighted by atomic mass is 9.87. The number of pyridine rings is 1. The van der Waals surface area contributed by atoms with Gasteiger partial charge in [0.1, 0.15) is 16.8 Å². The molecule has 66 heavy (non-hydrogen) atoms. The quantitative estimate of drug-likeness (QED) is 0.164. The Labute approximate surface area is 385 Å². The summed E-state index contributed by atoms with van der Waals surface area (Å²) in [5.41, 5.74) is 2.27. The number of rotatable bonds is 13. The van der Waals surface area contributed by atoms with E-state index in [1.165, 1.54) is 14.2 Å². The molecule has 5 amide bonds. The van der Waals surface area contributed by atoms with Crippen molar-refractivity contribution >= 4 is 75.2 Å². The van der Waals surface area contributed by atoms with Crippen molar-refractivity contribution in [1.82, 2.24) is 35.0 Å². The van der Waals surface area contributed by atoms with Crippen LogP contribution in [0.5, 0.6) is 11.5 Å². The second-order valence-electron chi connectivity index (χ2n) is 17.6. The molecule has 1 aliphatic carbocycles. The summed E-state index contributed by atoms with van der Waals surface area (Å²) < 4.78 is 19.6. The van der Waals surface area contributed by atoms with E-state index in [1.54, 1.807) is 29.0 Å². The smallest absolute Gasteiger partial charge is 0.293 e. The number of hydrogen-bond acceptors (Lipinski definition) is 15. The van der Waals surface area contributed by atoms with Gasteiger partial charge in [-0.1, -0.05) is 11.6 Å². The number of nitrogens with zero attached hydrogens (tertiary/aromatic N) is 7. The number of imide groups is 2. The summed E-state index contributed by atoms with van der Waals surface area (Å²) in [6.07, 6.45) is 5.66. The van der Waals surface area contributed by atoms with Crippen molar-refractivity contribution in [2.24, 2.45) is 0 Å². The zero-order valence-corrected chi connectivity index (χ0v) is 38.1. The summed E-state index contributed by atoms with van der Waals surface area (Å²) in [5, 5.41) is 9.16. The molecule has 4 aliphatic heterocycles. The summed E-state index contributed by atoms with van der Waals surface area (Å²) in [6, 6.07) is 9.78. The minimum Gasteiger partial charge on any atom is -0.495 e. The Kier molecular flexibility index (Phi) is 12.6. The minimum atomic E-state index is -1.03. The number of hydrogen-bond donors (Lipinski definition) is 3. The fourth-order valence-corrected chi connectivity index (χ4v) is 9.74. The number of ether oxygens (including phenoxy) is 3. The summed E-state index contributed by atoms with van der Waals surface area (Å²) in [7, 11) is 3.04. The van der Waals surface area contributed by atoms with Crippen LogP contribution >= 0.6 is 11.6 Å². The highest BCUT2D eigenvalue weighted by Gasteiger charge is 2.46. The Hall–Kier alpha value is -6.31. The van der Waals surface area contributed by atoms with Gasteiger partial charge in [0.05, 0.1) is 47.8 Å². The monoisotopic (exact) mass is 924 g/mol. The SMILES string of the molecule is CNC(=O)COc1cc2cc(Nc3nc(N4CCC(OC5CC(N6CCN(c7cc8c(cc7OC)C(=O)N([C@@H]7CCC(=O)NC7=O)C8=O)CC6)C5)CC4)ncc3Cl)ccc2n(C(C)C)c1=O. The Morgan fingerprint density at radius 2 is 1.62 bits per heavy atom. The van der Waals surface area contributed by atoms with Gasteiger partial charge in [0, 0.05) is 75.9 Å². The standard InChI is InChI=1S/C46H53ClN10O9/c1-25(2)56-34-6-5-27(17-26(34)18-38(45(56)63)65-24-40(59)48-3)50-41-33(47)23-49-46(52-41)55-11-9-29(10-12-55)66-30-19-28(20-30)53-13-15-54(16-14-53)36-21-31-32(22-37(36)64-4)44(62)57(43(31)61)35-7-8-39(58)51-42(35)60/h5-6,17-18,21-23,25,28-30,35H,7-16,19-20,24H2,1-4H3,(H,48,59)(H,49,50,52)(H,51,58,60)/t28?,30?,35-/m1/s1. The zero-order chi connectivity index (χ0) is 46.4. The van der Waals surface area contributed by atoms with Gasteiger partial charge in [0.15, 0.2) is 18.2 Å². The molecule has 2 aromatic heterocycles. The van der Waals surface area contributed by atoms with E-state index in [0.29, 0.717) is 47.4 Å². The van der Waals surface area contributed by atoms with E-state index in [0.717, 1.165) is 73.4 Å². The van der Waals surface area contributed by atoms with E-state index >= 15 is 0 Å². The molecule has 0 bridgehead atoms. The summed E-state index contributed by atoms with van der Waals surface area (Å²) in [5.74, 6) is -0.913. The molecule has 4 aromatic rings. The predicted octanol–water partition coefficient (Wildman–Crippen LogP) is 3.64. The fourth-order valence-electron chi connectivity index (χ4n) is 9.60. The number of likely N-dealkylation sites (N-methyl/N-ethyl adjacent to an activating group) is 1. The first-order valence-corrected chi connectivity index (χ1v) is 22.8. The lowest BCUT2D eigenvalue weighted by Crippen LogP contribution is -2.56. The van der Waals surface area contributed by atoms with Crippen LogP contribution in [0, 0.1) is 0 Å². The van der Waals surface area contributed by atoms with Crippen molar-refractivity contribution < 1.29 is 38.2 Å². The second kappa shape index (κ2) is 18.5. The molecule has 0 radical (unpaired) electrons. The molecule has 9 rings (SSSR count). The first kappa shape index (κ1) is 44.9. The molecular weight excluding hydrogens is 872 g/mol. The number of piperidine rings is 2. The third-order valence-corrected chi connectivity index (χ3v) is 13.5. The van der Waals surface area contributed by atoms with Gasteiger partial charge in [-0.05, 0) is 82.3 Å². The van der Waals surface area contributed by atoms with E-state index in [9.17, 15) is 28.8 Å². The third kappa shape index (κ3) is 8.73. The van der Waals surface area contributed by atoms with E-state index in [4.69, 9.17) is 30.8 Å². The van der Waals surface area contributed by atoms with Crippen molar-refractivity contribution in [3.63, 3.8) is 0 Å². The molecule has 348 valence electrons.